The van der Waals surface area contributed by atoms with Gasteiger partial charge in [-0.2, -0.15) is 5.10 Å². The second-order valence-corrected chi connectivity index (χ2v) is 8.32. The molecule has 2 heterocycles. The summed E-state index contributed by atoms with van der Waals surface area (Å²) in [5.74, 6) is -0.295. The van der Waals surface area contributed by atoms with Gasteiger partial charge in [-0.1, -0.05) is 18.2 Å². The smallest absolute Gasteiger partial charge is 0.267 e. The van der Waals surface area contributed by atoms with Crippen LogP contribution in [0.2, 0.25) is 0 Å². The van der Waals surface area contributed by atoms with Crippen molar-refractivity contribution in [1.82, 2.24) is 24.6 Å². The first kappa shape index (κ1) is 26.9. The van der Waals surface area contributed by atoms with Crippen LogP contribution in [0.5, 0.6) is 5.75 Å². The zero-order valence-corrected chi connectivity index (χ0v) is 20.7. The lowest BCUT2D eigenvalue weighted by Gasteiger charge is -2.10. The average molecular weight is 514 g/mol. The lowest BCUT2D eigenvalue weighted by Crippen LogP contribution is -2.22. The van der Waals surface area contributed by atoms with Crippen LogP contribution in [0.4, 0.5) is 8.78 Å². The molecule has 0 unspecified atom stereocenters. The van der Waals surface area contributed by atoms with Crippen molar-refractivity contribution in [1.29, 1.82) is 0 Å². The molecule has 2 aromatic heterocycles. The largest absolute Gasteiger partial charge is 0.490 e. The van der Waals surface area contributed by atoms with E-state index in [0.29, 0.717) is 23.9 Å². The summed E-state index contributed by atoms with van der Waals surface area (Å²) in [6, 6.07) is 13.4. The van der Waals surface area contributed by atoms with Crippen molar-refractivity contribution in [3.05, 3.63) is 94.5 Å². The molecule has 4 aromatic rings. The van der Waals surface area contributed by atoms with Gasteiger partial charge in [-0.15, -0.1) is 12.4 Å². The molecule has 0 amide bonds. The van der Waals surface area contributed by atoms with Gasteiger partial charge in [0.05, 0.1) is 31.2 Å². The lowest BCUT2D eigenvalue weighted by molar-refractivity contribution is 0.280. The molecule has 188 valence electrons. The number of ether oxygens (including phenoxy) is 1. The van der Waals surface area contributed by atoms with E-state index in [1.807, 2.05) is 38.4 Å². The molecule has 0 spiro atoms. The van der Waals surface area contributed by atoms with Crippen molar-refractivity contribution >= 4 is 12.4 Å². The third kappa shape index (κ3) is 7.16. The molecular formula is C26H26ClF2N5O2. The molecule has 0 saturated carbocycles. The molecule has 10 heteroatoms. The van der Waals surface area contributed by atoms with E-state index in [-0.39, 0.29) is 30.1 Å². The summed E-state index contributed by atoms with van der Waals surface area (Å²) in [7, 11) is 4.03. The maximum absolute atomic E-state index is 13.6. The number of hydrogen-bond acceptors (Lipinski definition) is 6. The first-order valence-corrected chi connectivity index (χ1v) is 11.1. The molecule has 2 aromatic carbocycles. The van der Waals surface area contributed by atoms with Crippen molar-refractivity contribution in [2.24, 2.45) is 0 Å². The zero-order chi connectivity index (χ0) is 24.8. The highest BCUT2D eigenvalue weighted by Gasteiger charge is 2.09. The van der Waals surface area contributed by atoms with Crippen LogP contribution in [-0.4, -0.2) is 51.9 Å². The minimum atomic E-state index is -0.711. The van der Waals surface area contributed by atoms with Crippen molar-refractivity contribution in [2.75, 3.05) is 27.2 Å². The molecule has 0 aliphatic carbocycles. The van der Waals surface area contributed by atoms with Crippen LogP contribution in [0.3, 0.4) is 0 Å². The fourth-order valence-corrected chi connectivity index (χ4v) is 3.51. The number of aromatic nitrogens is 4. The van der Waals surface area contributed by atoms with Crippen LogP contribution >= 0.6 is 12.4 Å². The molecule has 0 aliphatic heterocycles. The molecule has 0 aliphatic rings. The number of rotatable bonds is 9. The lowest BCUT2D eigenvalue weighted by atomic mass is 10.1. The molecule has 0 N–H and O–H groups in total. The Hall–Kier alpha value is -3.69. The first-order valence-electron chi connectivity index (χ1n) is 11.1. The number of nitrogens with zero attached hydrogens (tertiary/aromatic N) is 5. The Balaban J connectivity index is 0.00000361. The summed E-state index contributed by atoms with van der Waals surface area (Å²) in [5, 5.41) is 4.30. The third-order valence-electron chi connectivity index (χ3n) is 5.19. The summed E-state index contributed by atoms with van der Waals surface area (Å²) >= 11 is 0. The second kappa shape index (κ2) is 12.3. The Morgan fingerprint density at radius 1 is 0.944 bits per heavy atom. The molecule has 4 rings (SSSR count). The second-order valence-electron chi connectivity index (χ2n) is 8.32. The minimum Gasteiger partial charge on any atom is -0.490 e. The number of halogens is 3. The topological polar surface area (TPSA) is 73.1 Å². The fourth-order valence-electron chi connectivity index (χ4n) is 3.51. The SMILES string of the molecule is CN(C)CCCOc1cnc(-c2cccc(Cn3nc(-c4cc(F)cc(F)c4)ccc3=O)c2)nc1.Cl. The summed E-state index contributed by atoms with van der Waals surface area (Å²) in [5.41, 5.74) is 1.79. The molecule has 0 fully saturated rings. The van der Waals surface area contributed by atoms with E-state index < -0.39 is 11.6 Å². The molecule has 0 saturated heterocycles. The van der Waals surface area contributed by atoms with E-state index in [4.69, 9.17) is 4.74 Å². The highest BCUT2D eigenvalue weighted by Crippen LogP contribution is 2.20. The van der Waals surface area contributed by atoms with Crippen LogP contribution in [-0.2, 0) is 6.54 Å². The zero-order valence-electron chi connectivity index (χ0n) is 19.9. The van der Waals surface area contributed by atoms with Crippen molar-refractivity contribution in [2.45, 2.75) is 13.0 Å². The van der Waals surface area contributed by atoms with Gasteiger partial charge in [0.2, 0.25) is 0 Å². The predicted molar refractivity (Wildman–Crippen MR) is 136 cm³/mol. The van der Waals surface area contributed by atoms with Crippen LogP contribution in [0, 0.1) is 11.6 Å². The van der Waals surface area contributed by atoms with Gasteiger partial charge in [-0.25, -0.2) is 23.4 Å². The molecular weight excluding hydrogens is 488 g/mol. The number of benzene rings is 2. The summed E-state index contributed by atoms with van der Waals surface area (Å²) in [4.78, 5) is 23.3. The molecule has 0 radical (unpaired) electrons. The molecule has 7 nitrogen and oxygen atoms in total. The van der Waals surface area contributed by atoms with Crippen LogP contribution < -0.4 is 10.3 Å². The van der Waals surface area contributed by atoms with E-state index in [0.717, 1.165) is 30.2 Å². The standard InChI is InChI=1S/C26H25F2N5O2.ClH/c1-32(2)9-4-10-35-23-15-29-26(30-16-23)19-6-3-5-18(11-19)17-33-25(34)8-7-24(31-33)20-12-21(27)14-22(28)13-20;/h3,5-8,11-16H,4,9-10,17H2,1-2H3;1H. The maximum atomic E-state index is 13.6. The van der Waals surface area contributed by atoms with E-state index in [9.17, 15) is 13.6 Å². The maximum Gasteiger partial charge on any atom is 0.267 e. The summed E-state index contributed by atoms with van der Waals surface area (Å²) in [6.45, 7) is 1.69. The third-order valence-corrected chi connectivity index (χ3v) is 5.19. The number of hydrogen-bond donors (Lipinski definition) is 0. The van der Waals surface area contributed by atoms with E-state index in [1.54, 1.807) is 12.4 Å². The van der Waals surface area contributed by atoms with Gasteiger partial charge in [-0.05, 0) is 50.3 Å². The minimum absolute atomic E-state index is 0. The molecule has 0 atom stereocenters. The van der Waals surface area contributed by atoms with Gasteiger partial charge in [0.25, 0.3) is 5.56 Å². The van der Waals surface area contributed by atoms with Crippen molar-refractivity contribution < 1.29 is 13.5 Å². The fraction of sp³-hybridized carbons (Fsp3) is 0.231. The molecule has 36 heavy (non-hydrogen) atoms. The Labute approximate surface area is 213 Å². The van der Waals surface area contributed by atoms with Crippen LogP contribution in [0.1, 0.15) is 12.0 Å². The van der Waals surface area contributed by atoms with E-state index in [2.05, 4.69) is 20.0 Å². The van der Waals surface area contributed by atoms with E-state index >= 15 is 0 Å². The van der Waals surface area contributed by atoms with Gasteiger partial charge >= 0.3 is 0 Å². The Kier molecular flexibility index (Phi) is 9.21. The van der Waals surface area contributed by atoms with Crippen LogP contribution in [0.25, 0.3) is 22.6 Å². The highest BCUT2D eigenvalue weighted by atomic mass is 35.5. The van der Waals surface area contributed by atoms with Gasteiger partial charge in [0.15, 0.2) is 11.6 Å². The summed E-state index contributed by atoms with van der Waals surface area (Å²) < 4.78 is 34.2. The van der Waals surface area contributed by atoms with Gasteiger partial charge in [-0.3, -0.25) is 4.79 Å². The highest BCUT2D eigenvalue weighted by molar-refractivity contribution is 5.85. The van der Waals surface area contributed by atoms with Crippen molar-refractivity contribution in [3.8, 4) is 28.4 Å². The Bertz CT molecular complexity index is 1340. The Morgan fingerprint density at radius 2 is 1.67 bits per heavy atom. The predicted octanol–water partition coefficient (Wildman–Crippen LogP) is 4.45. The monoisotopic (exact) mass is 513 g/mol. The summed E-state index contributed by atoms with van der Waals surface area (Å²) in [6.07, 6.45) is 4.18. The Morgan fingerprint density at radius 3 is 2.36 bits per heavy atom. The van der Waals surface area contributed by atoms with E-state index in [1.165, 1.54) is 28.9 Å². The molecule has 0 bridgehead atoms. The normalized spacial score (nSPS) is 10.8. The average Bonchev–Trinajstić information content (AvgIpc) is 2.83. The van der Waals surface area contributed by atoms with Crippen LogP contribution in [0.15, 0.2) is 71.8 Å². The first-order chi connectivity index (χ1) is 16.9. The quantitative estimate of drug-likeness (QED) is 0.308. The van der Waals surface area contributed by atoms with Gasteiger partial charge in [0, 0.05) is 29.8 Å². The van der Waals surface area contributed by atoms with Gasteiger partial charge in [0.1, 0.15) is 11.6 Å². The van der Waals surface area contributed by atoms with Crippen molar-refractivity contribution in [3.63, 3.8) is 0 Å². The van der Waals surface area contributed by atoms with Gasteiger partial charge < -0.3 is 9.64 Å².